The number of pyridine rings is 1. The Balaban J connectivity index is 1.79. The molecule has 1 aliphatic heterocycles. The molecule has 1 N–H and O–H groups in total. The molecule has 1 fully saturated rings. The molecule has 2 atom stereocenters. The number of rotatable bonds is 4. The van der Waals surface area contributed by atoms with Crippen molar-refractivity contribution in [2.24, 2.45) is 5.92 Å². The second-order valence-corrected chi connectivity index (χ2v) is 6.02. The largest absolute Gasteiger partial charge is 0.494 e. The Labute approximate surface area is 142 Å². The minimum atomic E-state index is -0.230. The van der Waals surface area contributed by atoms with E-state index in [4.69, 9.17) is 9.47 Å². The average Bonchev–Trinajstić information content (AvgIpc) is 2.63. The molecular weight excluding hydrogens is 304 g/mol. The topological polar surface area (TPSA) is 60.5 Å². The van der Waals surface area contributed by atoms with E-state index in [-0.39, 0.29) is 17.9 Å². The molecule has 126 valence electrons. The molecule has 3 rings (SSSR count). The van der Waals surface area contributed by atoms with Gasteiger partial charge < -0.3 is 14.8 Å². The van der Waals surface area contributed by atoms with Gasteiger partial charge in [-0.3, -0.25) is 9.78 Å². The maximum atomic E-state index is 12.8. The summed E-state index contributed by atoms with van der Waals surface area (Å²) >= 11 is 0. The molecule has 0 aliphatic carbocycles. The highest BCUT2D eigenvalue weighted by Gasteiger charge is 2.33. The van der Waals surface area contributed by atoms with E-state index in [1.165, 1.54) is 5.56 Å². The number of amides is 1. The Kier molecular flexibility index (Phi) is 5.11. The molecule has 0 unspecified atom stereocenters. The molecule has 2 heterocycles. The van der Waals surface area contributed by atoms with Crippen molar-refractivity contribution in [3.63, 3.8) is 0 Å². The van der Waals surface area contributed by atoms with Crippen LogP contribution in [-0.4, -0.2) is 24.6 Å². The Morgan fingerprint density at radius 3 is 2.83 bits per heavy atom. The lowest BCUT2D eigenvalue weighted by Crippen LogP contribution is -2.33. The van der Waals surface area contributed by atoms with Gasteiger partial charge in [0.05, 0.1) is 25.3 Å². The van der Waals surface area contributed by atoms with Crippen LogP contribution in [0.15, 0.2) is 42.7 Å². The van der Waals surface area contributed by atoms with Gasteiger partial charge in [0.2, 0.25) is 5.91 Å². The maximum Gasteiger partial charge on any atom is 0.230 e. The standard InChI is InChI=1S/C19H22N2O3/c1-13-5-7-14(8-6-13)18-15(4-3-11-24-18)19(22)21-16-12-20-10-9-17(16)23-2/h5-10,12,15,18H,3-4,11H2,1-2H3,(H,21,22)/t15-,18+/m1/s1. The van der Waals surface area contributed by atoms with Crippen molar-refractivity contribution in [1.82, 2.24) is 4.98 Å². The summed E-state index contributed by atoms with van der Waals surface area (Å²) in [6.45, 7) is 2.73. The van der Waals surface area contributed by atoms with Gasteiger partial charge in [-0.15, -0.1) is 0 Å². The average molecular weight is 326 g/mol. The first-order valence-electron chi connectivity index (χ1n) is 8.16. The van der Waals surface area contributed by atoms with Gasteiger partial charge in [-0.1, -0.05) is 29.8 Å². The molecule has 0 bridgehead atoms. The van der Waals surface area contributed by atoms with Crippen molar-refractivity contribution in [3.8, 4) is 5.75 Å². The third-order valence-corrected chi connectivity index (χ3v) is 4.32. The number of hydrogen-bond donors (Lipinski definition) is 1. The van der Waals surface area contributed by atoms with Gasteiger partial charge in [0.1, 0.15) is 11.4 Å². The number of aromatic nitrogens is 1. The van der Waals surface area contributed by atoms with Crippen LogP contribution >= 0.6 is 0 Å². The second kappa shape index (κ2) is 7.45. The van der Waals surface area contributed by atoms with E-state index in [2.05, 4.69) is 10.3 Å². The van der Waals surface area contributed by atoms with E-state index < -0.39 is 0 Å². The zero-order chi connectivity index (χ0) is 16.9. The number of nitrogens with one attached hydrogen (secondary N) is 1. The molecule has 0 radical (unpaired) electrons. The van der Waals surface area contributed by atoms with Gasteiger partial charge in [-0.25, -0.2) is 0 Å². The number of hydrogen-bond acceptors (Lipinski definition) is 4. The number of carbonyl (C=O) groups is 1. The summed E-state index contributed by atoms with van der Waals surface area (Å²) in [5.41, 5.74) is 2.81. The zero-order valence-electron chi connectivity index (χ0n) is 14.0. The Morgan fingerprint density at radius 2 is 2.08 bits per heavy atom. The summed E-state index contributed by atoms with van der Waals surface area (Å²) in [4.78, 5) is 16.9. The summed E-state index contributed by atoms with van der Waals surface area (Å²) in [5.74, 6) is 0.305. The molecule has 1 saturated heterocycles. The fourth-order valence-electron chi connectivity index (χ4n) is 3.01. The molecule has 0 spiro atoms. The van der Waals surface area contributed by atoms with Crippen LogP contribution in [0.3, 0.4) is 0 Å². The molecule has 5 nitrogen and oxygen atoms in total. The fourth-order valence-corrected chi connectivity index (χ4v) is 3.01. The first kappa shape index (κ1) is 16.5. The monoisotopic (exact) mass is 326 g/mol. The van der Waals surface area contributed by atoms with Crippen molar-refractivity contribution in [3.05, 3.63) is 53.9 Å². The van der Waals surface area contributed by atoms with Crippen LogP contribution < -0.4 is 10.1 Å². The Bertz CT molecular complexity index is 700. The van der Waals surface area contributed by atoms with E-state index in [0.29, 0.717) is 18.0 Å². The van der Waals surface area contributed by atoms with E-state index in [9.17, 15) is 4.79 Å². The normalized spacial score (nSPS) is 20.4. The number of anilines is 1. The van der Waals surface area contributed by atoms with Crippen LogP contribution in [0, 0.1) is 12.8 Å². The highest BCUT2D eigenvalue weighted by Crippen LogP contribution is 2.35. The van der Waals surface area contributed by atoms with E-state index >= 15 is 0 Å². The lowest BCUT2D eigenvalue weighted by molar-refractivity contribution is -0.129. The molecule has 24 heavy (non-hydrogen) atoms. The number of carbonyl (C=O) groups excluding carboxylic acids is 1. The smallest absolute Gasteiger partial charge is 0.230 e. The van der Waals surface area contributed by atoms with Gasteiger partial charge in [0.15, 0.2) is 0 Å². The third kappa shape index (κ3) is 3.57. The van der Waals surface area contributed by atoms with Crippen molar-refractivity contribution in [1.29, 1.82) is 0 Å². The summed E-state index contributed by atoms with van der Waals surface area (Å²) in [5, 5.41) is 2.94. The molecule has 1 aromatic carbocycles. The number of nitrogens with zero attached hydrogens (tertiary/aromatic N) is 1. The molecule has 2 aromatic rings. The van der Waals surface area contributed by atoms with Gasteiger partial charge in [0.25, 0.3) is 0 Å². The summed E-state index contributed by atoms with van der Waals surface area (Å²) < 4.78 is 11.2. The highest BCUT2D eigenvalue weighted by atomic mass is 16.5. The number of aryl methyl sites for hydroxylation is 1. The molecular formula is C19H22N2O3. The first-order chi connectivity index (χ1) is 11.7. The van der Waals surface area contributed by atoms with Crippen LogP contribution in [-0.2, 0) is 9.53 Å². The highest BCUT2D eigenvalue weighted by molar-refractivity contribution is 5.94. The first-order valence-corrected chi connectivity index (χ1v) is 8.16. The molecule has 5 heteroatoms. The van der Waals surface area contributed by atoms with Crippen LogP contribution in [0.4, 0.5) is 5.69 Å². The molecule has 0 saturated carbocycles. The van der Waals surface area contributed by atoms with Crippen molar-refractivity contribution < 1.29 is 14.3 Å². The third-order valence-electron chi connectivity index (χ3n) is 4.32. The number of ether oxygens (including phenoxy) is 2. The minimum Gasteiger partial charge on any atom is -0.494 e. The summed E-state index contributed by atoms with van der Waals surface area (Å²) in [6, 6.07) is 9.90. The minimum absolute atomic E-state index is 0.0634. The van der Waals surface area contributed by atoms with Crippen molar-refractivity contribution in [2.45, 2.75) is 25.9 Å². The SMILES string of the molecule is COc1ccncc1NC(=O)[C@@H]1CCCO[C@H]1c1ccc(C)cc1. The fraction of sp³-hybridized carbons (Fsp3) is 0.368. The zero-order valence-corrected chi connectivity index (χ0v) is 14.0. The lowest BCUT2D eigenvalue weighted by Gasteiger charge is -2.31. The summed E-state index contributed by atoms with van der Waals surface area (Å²) in [7, 11) is 1.57. The van der Waals surface area contributed by atoms with Crippen molar-refractivity contribution >= 4 is 11.6 Å². The van der Waals surface area contributed by atoms with Crippen molar-refractivity contribution in [2.75, 3.05) is 19.0 Å². The lowest BCUT2D eigenvalue weighted by atomic mass is 9.88. The Morgan fingerprint density at radius 1 is 1.29 bits per heavy atom. The molecule has 1 amide bonds. The Hall–Kier alpha value is -2.40. The quantitative estimate of drug-likeness (QED) is 0.934. The second-order valence-electron chi connectivity index (χ2n) is 6.02. The predicted octanol–water partition coefficient (Wildman–Crippen LogP) is 3.51. The van der Waals surface area contributed by atoms with E-state index in [1.54, 1.807) is 25.6 Å². The van der Waals surface area contributed by atoms with E-state index in [1.807, 2.05) is 31.2 Å². The summed E-state index contributed by atoms with van der Waals surface area (Å²) in [6.07, 6.45) is 4.69. The molecule has 1 aromatic heterocycles. The van der Waals surface area contributed by atoms with Gasteiger partial charge >= 0.3 is 0 Å². The van der Waals surface area contributed by atoms with Crippen LogP contribution in [0.5, 0.6) is 5.75 Å². The molecule has 1 aliphatic rings. The van der Waals surface area contributed by atoms with E-state index in [0.717, 1.165) is 18.4 Å². The van der Waals surface area contributed by atoms with Gasteiger partial charge in [-0.05, 0) is 25.3 Å². The van der Waals surface area contributed by atoms with Crippen LogP contribution in [0.1, 0.15) is 30.1 Å². The van der Waals surface area contributed by atoms with Crippen LogP contribution in [0.2, 0.25) is 0 Å². The van der Waals surface area contributed by atoms with Gasteiger partial charge in [0, 0.05) is 18.9 Å². The maximum absolute atomic E-state index is 12.8. The van der Waals surface area contributed by atoms with Crippen LogP contribution in [0.25, 0.3) is 0 Å². The number of methoxy groups -OCH3 is 1. The van der Waals surface area contributed by atoms with Gasteiger partial charge in [-0.2, -0.15) is 0 Å². The predicted molar refractivity (Wildman–Crippen MR) is 92.0 cm³/mol. The number of benzene rings is 1.